The Hall–Kier alpha value is -2.33. The van der Waals surface area contributed by atoms with Gasteiger partial charge in [-0.3, -0.25) is 9.69 Å². The third kappa shape index (κ3) is 3.93. The third-order valence-electron chi connectivity index (χ3n) is 5.61. The second kappa shape index (κ2) is 8.36. The average molecular weight is 389 g/mol. The fourth-order valence-electron chi connectivity index (χ4n) is 4.15. The number of morpholine rings is 1. The van der Waals surface area contributed by atoms with Gasteiger partial charge in [-0.15, -0.1) is 5.10 Å². The number of tetrazole rings is 1. The van der Waals surface area contributed by atoms with Gasteiger partial charge >= 0.3 is 0 Å². The van der Waals surface area contributed by atoms with Gasteiger partial charge in [0, 0.05) is 31.6 Å². The number of nitrogens with zero attached hydrogens (tertiary/aromatic N) is 7. The molecule has 0 saturated carbocycles. The van der Waals surface area contributed by atoms with E-state index in [2.05, 4.69) is 25.6 Å². The predicted octanol–water partition coefficient (Wildman–Crippen LogP) is 0.864. The van der Waals surface area contributed by atoms with Crippen LogP contribution in [0.1, 0.15) is 48.1 Å². The summed E-state index contributed by atoms with van der Waals surface area (Å²) in [5.74, 6) is 1.71. The van der Waals surface area contributed by atoms with Gasteiger partial charge in [0.1, 0.15) is 5.76 Å². The zero-order valence-corrected chi connectivity index (χ0v) is 16.5. The highest BCUT2D eigenvalue weighted by molar-refractivity contribution is 5.77. The second-order valence-electron chi connectivity index (χ2n) is 7.44. The molecule has 0 aromatic carbocycles. The molecule has 0 bridgehead atoms. The minimum Gasteiger partial charge on any atom is -0.379 e. The van der Waals surface area contributed by atoms with Gasteiger partial charge in [-0.1, -0.05) is 5.16 Å². The van der Waals surface area contributed by atoms with Crippen LogP contribution in [0.3, 0.4) is 0 Å². The summed E-state index contributed by atoms with van der Waals surface area (Å²) in [5, 5.41) is 16.1. The van der Waals surface area contributed by atoms with Crippen LogP contribution in [0.2, 0.25) is 0 Å². The van der Waals surface area contributed by atoms with Crippen LogP contribution in [0.4, 0.5) is 0 Å². The molecule has 4 heterocycles. The van der Waals surface area contributed by atoms with Gasteiger partial charge in [0.05, 0.1) is 38.0 Å². The maximum absolute atomic E-state index is 12.9. The van der Waals surface area contributed by atoms with Gasteiger partial charge in [0.25, 0.3) is 0 Å². The molecule has 0 N–H and O–H groups in total. The molecule has 2 aromatic rings. The number of hydrogen-bond acceptors (Lipinski definition) is 8. The summed E-state index contributed by atoms with van der Waals surface area (Å²) in [6.45, 7) is 8.99. The largest absolute Gasteiger partial charge is 0.379 e. The number of carbonyl (C=O) groups excluding carboxylic acids is 1. The van der Waals surface area contributed by atoms with Crippen molar-refractivity contribution in [2.75, 3.05) is 32.8 Å². The van der Waals surface area contributed by atoms with Crippen LogP contribution in [0.25, 0.3) is 0 Å². The fraction of sp³-hybridized carbons (Fsp3) is 0.722. The maximum atomic E-state index is 12.9. The minimum absolute atomic E-state index is 0.0560. The minimum atomic E-state index is 0.0560. The zero-order chi connectivity index (χ0) is 19.5. The number of rotatable bonds is 6. The summed E-state index contributed by atoms with van der Waals surface area (Å²) in [7, 11) is 0. The second-order valence-corrected chi connectivity index (χ2v) is 7.44. The zero-order valence-electron chi connectivity index (χ0n) is 16.5. The number of ether oxygens (including phenoxy) is 1. The highest BCUT2D eigenvalue weighted by Gasteiger charge is 2.33. The van der Waals surface area contributed by atoms with E-state index in [-0.39, 0.29) is 11.9 Å². The Balaban J connectivity index is 1.37. The van der Waals surface area contributed by atoms with Gasteiger partial charge in [0.2, 0.25) is 5.91 Å². The monoisotopic (exact) mass is 389 g/mol. The van der Waals surface area contributed by atoms with Gasteiger partial charge in [0.15, 0.2) is 5.82 Å². The highest BCUT2D eigenvalue weighted by atomic mass is 16.5. The summed E-state index contributed by atoms with van der Waals surface area (Å²) in [6, 6.07) is 0.0560. The van der Waals surface area contributed by atoms with Crippen LogP contribution in [0.15, 0.2) is 4.52 Å². The molecule has 10 heteroatoms. The molecule has 2 fully saturated rings. The van der Waals surface area contributed by atoms with E-state index in [1.165, 1.54) is 0 Å². The lowest BCUT2D eigenvalue weighted by molar-refractivity contribution is -0.132. The molecule has 2 saturated heterocycles. The molecule has 152 valence electrons. The molecule has 0 radical (unpaired) electrons. The number of carbonyl (C=O) groups is 1. The van der Waals surface area contributed by atoms with Crippen LogP contribution in [-0.2, 0) is 22.6 Å². The highest BCUT2D eigenvalue weighted by Crippen LogP contribution is 2.35. The summed E-state index contributed by atoms with van der Waals surface area (Å²) in [4.78, 5) is 17.2. The van der Waals surface area contributed by atoms with E-state index in [1.54, 1.807) is 4.68 Å². The van der Waals surface area contributed by atoms with Gasteiger partial charge in [-0.05, 0) is 37.1 Å². The van der Waals surface area contributed by atoms with E-state index in [0.29, 0.717) is 19.5 Å². The van der Waals surface area contributed by atoms with Crippen LogP contribution in [-0.4, -0.2) is 73.9 Å². The first kappa shape index (κ1) is 19.0. The van der Waals surface area contributed by atoms with E-state index in [4.69, 9.17) is 9.26 Å². The molecule has 0 unspecified atom stereocenters. The Morgan fingerprint density at radius 3 is 2.79 bits per heavy atom. The molecule has 28 heavy (non-hydrogen) atoms. The number of likely N-dealkylation sites (tertiary alicyclic amines) is 1. The summed E-state index contributed by atoms with van der Waals surface area (Å²) >= 11 is 0. The van der Waals surface area contributed by atoms with E-state index >= 15 is 0 Å². The third-order valence-corrected chi connectivity index (χ3v) is 5.61. The van der Waals surface area contributed by atoms with Gasteiger partial charge < -0.3 is 14.2 Å². The van der Waals surface area contributed by atoms with Crippen molar-refractivity contribution in [3.05, 3.63) is 22.8 Å². The SMILES string of the molecule is Cc1noc(C)c1[C@@H]1CCCN1C(=O)CCn1nnnc1CN1CCOCC1. The number of aromatic nitrogens is 5. The van der Waals surface area contributed by atoms with Gasteiger partial charge in [-0.25, -0.2) is 4.68 Å². The van der Waals surface area contributed by atoms with Crippen molar-refractivity contribution >= 4 is 5.91 Å². The first-order chi connectivity index (χ1) is 13.6. The van der Waals surface area contributed by atoms with Crippen molar-refractivity contribution in [2.45, 2.75) is 52.2 Å². The van der Waals surface area contributed by atoms with Crippen molar-refractivity contribution in [3.63, 3.8) is 0 Å². The molecule has 10 nitrogen and oxygen atoms in total. The molecule has 0 spiro atoms. The van der Waals surface area contributed by atoms with Crippen molar-refractivity contribution in [3.8, 4) is 0 Å². The summed E-state index contributed by atoms with van der Waals surface area (Å²) < 4.78 is 12.4. The van der Waals surface area contributed by atoms with E-state index < -0.39 is 0 Å². The molecule has 4 rings (SSSR count). The normalized spacial score (nSPS) is 20.8. The van der Waals surface area contributed by atoms with Crippen LogP contribution < -0.4 is 0 Å². The van der Waals surface area contributed by atoms with E-state index in [9.17, 15) is 4.79 Å². The molecule has 1 amide bonds. The van der Waals surface area contributed by atoms with Gasteiger partial charge in [-0.2, -0.15) is 0 Å². The van der Waals surface area contributed by atoms with Crippen LogP contribution >= 0.6 is 0 Å². The Kier molecular flexibility index (Phi) is 5.67. The molecule has 2 aromatic heterocycles. The predicted molar refractivity (Wildman–Crippen MR) is 98.2 cm³/mol. The number of amides is 1. The Morgan fingerprint density at radius 1 is 1.21 bits per heavy atom. The smallest absolute Gasteiger partial charge is 0.224 e. The first-order valence-electron chi connectivity index (χ1n) is 9.91. The lowest BCUT2D eigenvalue weighted by atomic mass is 10.0. The number of aryl methyl sites for hydroxylation is 3. The van der Waals surface area contributed by atoms with Crippen molar-refractivity contribution in [2.24, 2.45) is 0 Å². The lowest BCUT2D eigenvalue weighted by Gasteiger charge is -2.26. The van der Waals surface area contributed by atoms with E-state index in [0.717, 1.165) is 68.5 Å². The molecular formula is C18H27N7O3. The molecule has 1 atom stereocenters. The van der Waals surface area contributed by atoms with Crippen molar-refractivity contribution in [1.82, 2.24) is 35.2 Å². The lowest BCUT2D eigenvalue weighted by Crippen LogP contribution is -2.36. The molecule has 2 aliphatic heterocycles. The topological polar surface area (TPSA) is 102 Å². The standard InChI is InChI=1S/C18H27N7O3/c1-13-18(14(2)28-20-13)15-4-3-6-24(15)17(26)5-7-25-16(19-21-22-25)12-23-8-10-27-11-9-23/h15H,3-12H2,1-2H3/t15-/m0/s1. The Labute approximate surface area is 163 Å². The summed E-state index contributed by atoms with van der Waals surface area (Å²) in [5.41, 5.74) is 1.93. The van der Waals surface area contributed by atoms with Crippen molar-refractivity contribution in [1.29, 1.82) is 0 Å². The van der Waals surface area contributed by atoms with Crippen LogP contribution in [0, 0.1) is 13.8 Å². The summed E-state index contributed by atoms with van der Waals surface area (Å²) in [6.07, 6.45) is 2.32. The molecular weight excluding hydrogens is 362 g/mol. The molecule has 2 aliphatic rings. The molecule has 0 aliphatic carbocycles. The van der Waals surface area contributed by atoms with E-state index in [1.807, 2.05) is 18.7 Å². The first-order valence-corrected chi connectivity index (χ1v) is 9.91. The Morgan fingerprint density at radius 2 is 2.04 bits per heavy atom. The van der Waals surface area contributed by atoms with Crippen molar-refractivity contribution < 1.29 is 14.1 Å². The van der Waals surface area contributed by atoms with Crippen LogP contribution in [0.5, 0.6) is 0 Å². The fourth-order valence-corrected chi connectivity index (χ4v) is 4.15. The number of hydrogen-bond donors (Lipinski definition) is 0. The quantitative estimate of drug-likeness (QED) is 0.717. The Bertz CT molecular complexity index is 792. The average Bonchev–Trinajstić information content (AvgIpc) is 3.41. The maximum Gasteiger partial charge on any atom is 0.224 e.